The molecule has 5 heteroatoms. The number of aromatic nitrogens is 1. The quantitative estimate of drug-likeness (QED) is 0.739. The van der Waals surface area contributed by atoms with E-state index in [1.807, 2.05) is 0 Å². The number of nitrogens with zero attached hydrogens (tertiary/aromatic N) is 1. The monoisotopic (exact) mass is 242 g/mol. The number of nitrogens with one attached hydrogen (secondary N) is 1. The van der Waals surface area contributed by atoms with E-state index in [2.05, 4.69) is 11.4 Å². The van der Waals surface area contributed by atoms with Gasteiger partial charge in [0.2, 0.25) is 0 Å². The number of hydrogen-bond donors (Lipinski definition) is 1. The van der Waals surface area contributed by atoms with Crippen LogP contribution in [0, 0.1) is 0 Å². The number of alkyl halides is 3. The van der Waals surface area contributed by atoms with Crippen LogP contribution in [0.5, 0.6) is 0 Å². The Morgan fingerprint density at radius 2 is 2.12 bits per heavy atom. The van der Waals surface area contributed by atoms with E-state index < -0.39 is 11.7 Å². The van der Waals surface area contributed by atoms with Crippen LogP contribution in [0.25, 0.3) is 5.57 Å². The van der Waals surface area contributed by atoms with Gasteiger partial charge in [0.25, 0.3) is 0 Å². The largest absolute Gasteiger partial charge is 0.418 e. The topological polar surface area (TPSA) is 17.0 Å². The fourth-order valence-corrected chi connectivity index (χ4v) is 2.72. The minimum absolute atomic E-state index is 0.444. The van der Waals surface area contributed by atoms with Crippen LogP contribution in [0.3, 0.4) is 0 Å². The maximum absolute atomic E-state index is 12.9. The van der Waals surface area contributed by atoms with Crippen molar-refractivity contribution in [2.24, 2.45) is 0 Å². The van der Waals surface area contributed by atoms with E-state index in [0.717, 1.165) is 17.8 Å². The van der Waals surface area contributed by atoms with E-state index in [-0.39, 0.29) is 0 Å². The van der Waals surface area contributed by atoms with Crippen molar-refractivity contribution in [2.45, 2.75) is 25.6 Å². The smallest absolute Gasteiger partial charge is 0.346 e. The molecule has 0 saturated heterocycles. The van der Waals surface area contributed by atoms with Crippen molar-refractivity contribution in [1.82, 2.24) is 9.88 Å². The Hall–Kier alpha value is -1.23. The van der Waals surface area contributed by atoms with Crippen LogP contribution in [-0.2, 0) is 19.1 Å². The van der Waals surface area contributed by atoms with Crippen LogP contribution in [0.1, 0.15) is 23.2 Å². The summed E-state index contributed by atoms with van der Waals surface area (Å²) in [6.07, 6.45) is 0.302. The highest BCUT2D eigenvalue weighted by Crippen LogP contribution is 2.39. The molecular weight excluding hydrogens is 229 g/mol. The van der Waals surface area contributed by atoms with Gasteiger partial charge in [-0.3, -0.25) is 0 Å². The summed E-state index contributed by atoms with van der Waals surface area (Å²) in [5, 5.41) is 3.23. The first-order valence-corrected chi connectivity index (χ1v) is 5.76. The van der Waals surface area contributed by atoms with E-state index in [4.69, 9.17) is 0 Å². The summed E-state index contributed by atoms with van der Waals surface area (Å²) < 4.78 is 40.5. The van der Waals surface area contributed by atoms with Gasteiger partial charge in [0.1, 0.15) is 0 Å². The van der Waals surface area contributed by atoms with Crippen LogP contribution in [-0.4, -0.2) is 17.7 Å². The Labute approximate surface area is 97.1 Å². The molecule has 2 aliphatic rings. The summed E-state index contributed by atoms with van der Waals surface area (Å²) >= 11 is 0. The molecule has 2 nitrogen and oxygen atoms in total. The summed E-state index contributed by atoms with van der Waals surface area (Å²) in [5.74, 6) is 0. The molecule has 92 valence electrons. The lowest BCUT2D eigenvalue weighted by Crippen LogP contribution is -2.18. The summed E-state index contributed by atoms with van der Waals surface area (Å²) in [7, 11) is 0. The average molecular weight is 242 g/mol. The molecule has 0 spiro atoms. The van der Waals surface area contributed by atoms with Gasteiger partial charge in [-0.05, 0) is 24.0 Å². The van der Waals surface area contributed by atoms with E-state index in [1.165, 1.54) is 6.20 Å². The predicted octanol–water partition coefficient (Wildman–Crippen LogP) is 2.44. The fourth-order valence-electron chi connectivity index (χ4n) is 2.72. The van der Waals surface area contributed by atoms with Crippen molar-refractivity contribution in [1.29, 1.82) is 0 Å². The van der Waals surface area contributed by atoms with Crippen molar-refractivity contribution in [3.63, 3.8) is 0 Å². The Morgan fingerprint density at radius 1 is 1.29 bits per heavy atom. The van der Waals surface area contributed by atoms with E-state index in [1.54, 1.807) is 4.57 Å². The van der Waals surface area contributed by atoms with Crippen LogP contribution in [0.15, 0.2) is 12.3 Å². The highest BCUT2D eigenvalue weighted by Gasteiger charge is 2.38. The molecule has 1 N–H and O–H groups in total. The average Bonchev–Trinajstić information content (AvgIpc) is 2.51. The summed E-state index contributed by atoms with van der Waals surface area (Å²) in [6, 6.07) is 0. The van der Waals surface area contributed by atoms with Crippen LogP contribution < -0.4 is 5.32 Å². The maximum atomic E-state index is 12.9. The molecule has 0 amide bonds. The molecule has 2 heterocycles. The van der Waals surface area contributed by atoms with Crippen molar-refractivity contribution in [2.75, 3.05) is 13.1 Å². The van der Waals surface area contributed by atoms with Gasteiger partial charge in [-0.15, -0.1) is 0 Å². The second-order valence-electron chi connectivity index (χ2n) is 4.51. The standard InChI is InChI=1S/C12H13F3N2/c13-12(14,15)10-7-17-5-4-16-6-8-2-1-3-9(10)11(8)17/h2,7,16H,1,3-6H2. The second-order valence-corrected chi connectivity index (χ2v) is 4.51. The van der Waals surface area contributed by atoms with Gasteiger partial charge < -0.3 is 9.88 Å². The normalized spacial score (nSPS) is 19.6. The number of halogens is 3. The zero-order valence-corrected chi connectivity index (χ0v) is 9.27. The molecular formula is C12H13F3N2. The van der Waals surface area contributed by atoms with E-state index in [9.17, 15) is 13.2 Å². The van der Waals surface area contributed by atoms with Gasteiger partial charge in [-0.25, -0.2) is 0 Å². The molecule has 17 heavy (non-hydrogen) atoms. The third-order valence-corrected chi connectivity index (χ3v) is 3.42. The van der Waals surface area contributed by atoms with Gasteiger partial charge in [-0.1, -0.05) is 6.08 Å². The molecule has 0 unspecified atom stereocenters. The van der Waals surface area contributed by atoms with Gasteiger partial charge in [0.05, 0.1) is 5.56 Å². The number of hydrogen-bond acceptors (Lipinski definition) is 1. The van der Waals surface area contributed by atoms with E-state index in [0.29, 0.717) is 31.5 Å². The Bertz CT molecular complexity index is 483. The van der Waals surface area contributed by atoms with Gasteiger partial charge in [-0.2, -0.15) is 13.2 Å². The highest BCUT2D eigenvalue weighted by molar-refractivity contribution is 5.71. The molecule has 0 bridgehead atoms. The lowest BCUT2D eigenvalue weighted by molar-refractivity contribution is -0.138. The first-order valence-electron chi connectivity index (χ1n) is 5.76. The third kappa shape index (κ3) is 1.69. The zero-order valence-electron chi connectivity index (χ0n) is 9.27. The first kappa shape index (κ1) is 10.9. The van der Waals surface area contributed by atoms with Crippen molar-refractivity contribution in [3.05, 3.63) is 29.1 Å². The third-order valence-electron chi connectivity index (χ3n) is 3.42. The SMILES string of the molecule is FC(F)(F)c1cn2c3c1CCC=C3CNCC2. The molecule has 0 saturated carbocycles. The van der Waals surface area contributed by atoms with Crippen LogP contribution in [0.2, 0.25) is 0 Å². The Balaban J connectivity index is 2.20. The van der Waals surface area contributed by atoms with Crippen LogP contribution >= 0.6 is 0 Å². The lowest BCUT2D eigenvalue weighted by Gasteiger charge is -2.16. The van der Waals surface area contributed by atoms with Crippen molar-refractivity contribution < 1.29 is 13.2 Å². The summed E-state index contributed by atoms with van der Waals surface area (Å²) in [4.78, 5) is 0. The van der Waals surface area contributed by atoms with Gasteiger partial charge in [0, 0.05) is 31.5 Å². The lowest BCUT2D eigenvalue weighted by atomic mass is 9.94. The van der Waals surface area contributed by atoms with E-state index >= 15 is 0 Å². The molecule has 0 atom stereocenters. The number of rotatable bonds is 0. The van der Waals surface area contributed by atoms with Crippen LogP contribution in [0.4, 0.5) is 13.2 Å². The minimum Gasteiger partial charge on any atom is -0.346 e. The molecule has 0 radical (unpaired) electrons. The van der Waals surface area contributed by atoms with Gasteiger partial charge in [0.15, 0.2) is 0 Å². The maximum Gasteiger partial charge on any atom is 0.418 e. The zero-order chi connectivity index (χ0) is 12.0. The summed E-state index contributed by atoms with van der Waals surface area (Å²) in [6.45, 7) is 2.00. The Morgan fingerprint density at radius 3 is 2.88 bits per heavy atom. The van der Waals surface area contributed by atoms with Crippen molar-refractivity contribution >= 4 is 5.57 Å². The van der Waals surface area contributed by atoms with Crippen molar-refractivity contribution in [3.8, 4) is 0 Å². The molecule has 1 aromatic heterocycles. The Kier molecular flexibility index (Phi) is 2.33. The first-order chi connectivity index (χ1) is 8.07. The molecule has 1 aliphatic heterocycles. The second kappa shape index (κ2) is 3.63. The minimum atomic E-state index is -4.23. The predicted molar refractivity (Wildman–Crippen MR) is 58.6 cm³/mol. The van der Waals surface area contributed by atoms with Gasteiger partial charge >= 0.3 is 6.18 Å². The fraction of sp³-hybridized carbons (Fsp3) is 0.500. The molecule has 0 aromatic carbocycles. The molecule has 0 fully saturated rings. The molecule has 1 aromatic rings. The highest BCUT2D eigenvalue weighted by atomic mass is 19.4. The molecule has 1 aliphatic carbocycles. The number of allylic oxidation sites excluding steroid dienone is 1. The molecule has 3 rings (SSSR count). The summed E-state index contributed by atoms with van der Waals surface area (Å²) in [5.41, 5.74) is 1.85.